The van der Waals surface area contributed by atoms with Crippen LogP contribution in [0.5, 0.6) is 0 Å². The van der Waals surface area contributed by atoms with Gasteiger partial charge in [0.1, 0.15) is 6.54 Å². The van der Waals surface area contributed by atoms with Gasteiger partial charge in [0.15, 0.2) is 0 Å². The zero-order valence-electron chi connectivity index (χ0n) is 14.8. The van der Waals surface area contributed by atoms with E-state index in [0.717, 1.165) is 23.1 Å². The van der Waals surface area contributed by atoms with Gasteiger partial charge in [0.25, 0.3) is 10.0 Å². The summed E-state index contributed by atoms with van der Waals surface area (Å²) in [4.78, 5) is 15.2. The summed E-state index contributed by atoms with van der Waals surface area (Å²) in [6.07, 6.45) is 0.782. The quantitative estimate of drug-likeness (QED) is 0.687. The number of carbonyl (C=O) groups excluding carboxylic acids is 1. The fourth-order valence-corrected chi connectivity index (χ4v) is 5.93. The van der Waals surface area contributed by atoms with Crippen LogP contribution in [0.1, 0.15) is 12.5 Å². The predicted octanol–water partition coefficient (Wildman–Crippen LogP) is 3.33. The molecule has 1 unspecified atom stereocenters. The zero-order valence-corrected chi connectivity index (χ0v) is 15.6. The third kappa shape index (κ3) is 2.23. The van der Waals surface area contributed by atoms with Gasteiger partial charge in [-0.3, -0.25) is 9.10 Å². The van der Waals surface area contributed by atoms with E-state index in [1.165, 1.54) is 4.31 Å². The molecule has 0 aliphatic carbocycles. The molecule has 5 rings (SSSR count). The normalized spacial score (nSPS) is 19.5. The molecule has 6 heteroatoms. The van der Waals surface area contributed by atoms with Gasteiger partial charge in [0, 0.05) is 17.1 Å². The second-order valence-corrected chi connectivity index (χ2v) is 8.92. The van der Waals surface area contributed by atoms with Crippen LogP contribution in [0, 0.1) is 0 Å². The number of rotatable bonds is 2. The van der Waals surface area contributed by atoms with Crippen LogP contribution in [-0.2, 0) is 21.2 Å². The Balaban J connectivity index is 1.56. The first kappa shape index (κ1) is 16.3. The Hall–Kier alpha value is -2.86. The Morgan fingerprint density at radius 1 is 1.00 bits per heavy atom. The molecular weight excluding hydrogens is 360 g/mol. The average molecular weight is 378 g/mol. The molecule has 2 aliphatic rings. The van der Waals surface area contributed by atoms with Crippen molar-refractivity contribution in [1.82, 2.24) is 0 Å². The van der Waals surface area contributed by atoms with Gasteiger partial charge >= 0.3 is 0 Å². The van der Waals surface area contributed by atoms with E-state index in [2.05, 4.69) is 0 Å². The number of para-hydroxylation sites is 1. The summed E-state index contributed by atoms with van der Waals surface area (Å²) in [5.41, 5.74) is 2.58. The Labute approximate surface area is 157 Å². The van der Waals surface area contributed by atoms with Gasteiger partial charge in [-0.2, -0.15) is 0 Å². The minimum atomic E-state index is -3.73. The summed E-state index contributed by atoms with van der Waals surface area (Å²) >= 11 is 0. The molecule has 0 N–H and O–H groups in total. The van der Waals surface area contributed by atoms with Crippen molar-refractivity contribution in [3.63, 3.8) is 0 Å². The van der Waals surface area contributed by atoms with Crippen LogP contribution in [0.4, 0.5) is 11.4 Å². The molecule has 0 aromatic heterocycles. The number of hydrogen-bond donors (Lipinski definition) is 0. The molecule has 0 saturated carbocycles. The maximum absolute atomic E-state index is 13.2. The van der Waals surface area contributed by atoms with Crippen molar-refractivity contribution < 1.29 is 13.2 Å². The molecule has 2 aliphatic heterocycles. The number of anilines is 2. The van der Waals surface area contributed by atoms with Crippen molar-refractivity contribution in [2.24, 2.45) is 0 Å². The van der Waals surface area contributed by atoms with Crippen LogP contribution in [-0.4, -0.2) is 26.9 Å². The Bertz CT molecular complexity index is 1200. The highest BCUT2D eigenvalue weighted by Gasteiger charge is 2.39. The fourth-order valence-electron chi connectivity index (χ4n) is 4.27. The van der Waals surface area contributed by atoms with Crippen molar-refractivity contribution in [2.75, 3.05) is 15.7 Å². The zero-order chi connectivity index (χ0) is 18.8. The molecule has 3 aromatic rings. The molecule has 0 bridgehead atoms. The van der Waals surface area contributed by atoms with E-state index in [-0.39, 0.29) is 23.4 Å². The van der Waals surface area contributed by atoms with Gasteiger partial charge in [0.05, 0.1) is 10.6 Å². The summed E-state index contributed by atoms with van der Waals surface area (Å²) < 4.78 is 27.4. The molecule has 0 fully saturated rings. The van der Waals surface area contributed by atoms with E-state index >= 15 is 0 Å². The van der Waals surface area contributed by atoms with Crippen molar-refractivity contribution in [1.29, 1.82) is 0 Å². The third-order valence-corrected chi connectivity index (χ3v) is 7.24. The average Bonchev–Trinajstić information content (AvgIpc) is 3.10. The lowest BCUT2D eigenvalue weighted by Crippen LogP contribution is -2.44. The van der Waals surface area contributed by atoms with E-state index in [1.54, 1.807) is 23.1 Å². The van der Waals surface area contributed by atoms with Crippen molar-refractivity contribution in [3.8, 4) is 0 Å². The summed E-state index contributed by atoms with van der Waals surface area (Å²) in [6, 6.07) is 18.5. The highest BCUT2D eigenvalue weighted by molar-refractivity contribution is 7.93. The van der Waals surface area contributed by atoms with E-state index in [9.17, 15) is 13.2 Å². The van der Waals surface area contributed by atoms with Crippen LogP contribution in [0.2, 0.25) is 0 Å². The largest absolute Gasteiger partial charge is 0.307 e. The van der Waals surface area contributed by atoms with Gasteiger partial charge in [-0.15, -0.1) is 0 Å². The monoisotopic (exact) mass is 378 g/mol. The number of benzene rings is 3. The standard InChI is InChI=1S/C21H18N2O3S/c1-14-12-16-6-2-3-9-17(16)23(14)20(24)13-22-18-10-4-7-15-8-5-11-19(21(15)18)27(22,25)26/h2-11,14H,12-13H2,1H3. The van der Waals surface area contributed by atoms with Gasteiger partial charge < -0.3 is 4.90 Å². The molecular formula is C21H18N2O3S. The summed E-state index contributed by atoms with van der Waals surface area (Å²) in [5.74, 6) is -0.208. The molecule has 1 amide bonds. The number of sulfonamides is 1. The summed E-state index contributed by atoms with van der Waals surface area (Å²) in [7, 11) is -3.73. The molecule has 0 saturated heterocycles. The van der Waals surface area contributed by atoms with Gasteiger partial charge in [-0.1, -0.05) is 42.5 Å². The van der Waals surface area contributed by atoms with E-state index in [0.29, 0.717) is 11.1 Å². The maximum Gasteiger partial charge on any atom is 0.265 e. The molecule has 0 radical (unpaired) electrons. The van der Waals surface area contributed by atoms with Crippen LogP contribution in [0.3, 0.4) is 0 Å². The molecule has 1 atom stereocenters. The molecule has 27 heavy (non-hydrogen) atoms. The molecule has 136 valence electrons. The van der Waals surface area contributed by atoms with Crippen LogP contribution in [0.15, 0.2) is 65.6 Å². The minimum Gasteiger partial charge on any atom is -0.307 e. The first-order valence-corrected chi connectivity index (χ1v) is 10.4. The molecule has 5 nitrogen and oxygen atoms in total. The number of fused-ring (bicyclic) bond motifs is 1. The lowest BCUT2D eigenvalue weighted by Gasteiger charge is -2.26. The van der Waals surface area contributed by atoms with E-state index in [1.807, 2.05) is 49.4 Å². The maximum atomic E-state index is 13.2. The molecule has 2 heterocycles. The topological polar surface area (TPSA) is 57.7 Å². The van der Waals surface area contributed by atoms with Crippen molar-refractivity contribution in [2.45, 2.75) is 24.3 Å². The third-order valence-electron chi connectivity index (χ3n) is 5.44. The Morgan fingerprint density at radius 3 is 2.52 bits per heavy atom. The van der Waals surface area contributed by atoms with Crippen molar-refractivity contribution >= 4 is 38.1 Å². The predicted molar refractivity (Wildman–Crippen MR) is 106 cm³/mol. The minimum absolute atomic E-state index is 0.0124. The first-order valence-electron chi connectivity index (χ1n) is 8.93. The lowest BCUT2D eigenvalue weighted by atomic mass is 10.1. The number of nitrogens with zero attached hydrogens (tertiary/aromatic N) is 2. The van der Waals surface area contributed by atoms with Gasteiger partial charge in [0.2, 0.25) is 5.91 Å². The first-order chi connectivity index (χ1) is 13.0. The molecule has 0 spiro atoms. The lowest BCUT2D eigenvalue weighted by molar-refractivity contribution is -0.117. The fraction of sp³-hybridized carbons (Fsp3) is 0.190. The number of carbonyl (C=O) groups is 1. The second kappa shape index (κ2) is 5.57. The smallest absolute Gasteiger partial charge is 0.265 e. The number of hydrogen-bond acceptors (Lipinski definition) is 3. The van der Waals surface area contributed by atoms with Crippen LogP contribution in [0.25, 0.3) is 10.8 Å². The van der Waals surface area contributed by atoms with Crippen molar-refractivity contribution in [3.05, 3.63) is 66.2 Å². The van der Waals surface area contributed by atoms with E-state index < -0.39 is 10.0 Å². The van der Waals surface area contributed by atoms with E-state index in [4.69, 9.17) is 0 Å². The Morgan fingerprint density at radius 2 is 1.70 bits per heavy atom. The van der Waals surface area contributed by atoms with Gasteiger partial charge in [-0.25, -0.2) is 8.42 Å². The Kier molecular flexibility index (Phi) is 3.37. The second-order valence-electron chi connectivity index (χ2n) is 7.09. The SMILES string of the molecule is CC1Cc2ccccc2N1C(=O)CN1c2cccc3cccc(c23)S1(=O)=O. The summed E-state index contributed by atoms with van der Waals surface area (Å²) in [6.45, 7) is 1.79. The molecule has 3 aromatic carbocycles. The summed E-state index contributed by atoms with van der Waals surface area (Å²) in [5, 5.41) is 1.56. The van der Waals surface area contributed by atoms with Crippen LogP contribution < -0.4 is 9.21 Å². The van der Waals surface area contributed by atoms with Crippen LogP contribution >= 0.6 is 0 Å². The number of amides is 1. The highest BCUT2D eigenvalue weighted by Crippen LogP contribution is 2.42. The highest BCUT2D eigenvalue weighted by atomic mass is 32.2. The van der Waals surface area contributed by atoms with Gasteiger partial charge in [-0.05, 0) is 42.5 Å².